The highest BCUT2D eigenvalue weighted by Crippen LogP contribution is 2.35. The number of likely N-dealkylation sites (tertiary alicyclic amines) is 1. The Morgan fingerprint density at radius 3 is 2.12 bits per heavy atom. The quantitative estimate of drug-likeness (QED) is 0.844. The molecule has 1 N–H and O–H groups in total. The van der Waals surface area contributed by atoms with Crippen LogP contribution in [0.4, 0.5) is 0 Å². The van der Waals surface area contributed by atoms with E-state index in [0.717, 1.165) is 32.5 Å². The molecule has 1 aliphatic rings. The van der Waals surface area contributed by atoms with Crippen molar-refractivity contribution in [2.24, 2.45) is 5.92 Å². The molecule has 1 aliphatic heterocycles. The summed E-state index contributed by atoms with van der Waals surface area (Å²) < 4.78 is 15.9. The van der Waals surface area contributed by atoms with Crippen LogP contribution >= 0.6 is 12.4 Å². The van der Waals surface area contributed by atoms with E-state index >= 15 is 0 Å². The molecule has 0 aromatic heterocycles. The molecule has 2 rings (SSSR count). The minimum absolute atomic E-state index is 0. The first kappa shape index (κ1) is 20.4. The van der Waals surface area contributed by atoms with Crippen LogP contribution in [0.5, 0.6) is 17.2 Å². The average molecular weight is 359 g/mol. The predicted octanol–water partition coefficient (Wildman–Crippen LogP) is 2.21. The van der Waals surface area contributed by atoms with Gasteiger partial charge in [-0.25, -0.2) is 0 Å². The summed E-state index contributed by atoms with van der Waals surface area (Å²) in [4.78, 5) is 14.7. The first-order chi connectivity index (χ1) is 11.1. The number of piperidine rings is 1. The Hall–Kier alpha value is -1.66. The minimum Gasteiger partial charge on any atom is -0.496 e. The van der Waals surface area contributed by atoms with Crippen LogP contribution in [0, 0.1) is 5.92 Å². The number of hydrogen-bond acceptors (Lipinski definition) is 5. The lowest BCUT2D eigenvalue weighted by Crippen LogP contribution is -2.40. The van der Waals surface area contributed by atoms with Crippen molar-refractivity contribution in [1.29, 1.82) is 0 Å². The van der Waals surface area contributed by atoms with Crippen LogP contribution < -0.4 is 19.5 Å². The van der Waals surface area contributed by atoms with Gasteiger partial charge < -0.3 is 24.4 Å². The molecule has 7 heteroatoms. The lowest BCUT2D eigenvalue weighted by Gasteiger charge is -2.32. The Balaban J connectivity index is 0.00000288. The smallest absolute Gasteiger partial charge is 0.257 e. The number of rotatable bonds is 6. The molecule has 1 saturated heterocycles. The molecule has 0 bridgehead atoms. The van der Waals surface area contributed by atoms with Gasteiger partial charge in [-0.05, 0) is 32.4 Å². The highest BCUT2D eigenvalue weighted by atomic mass is 35.5. The third-order valence-corrected chi connectivity index (χ3v) is 4.33. The van der Waals surface area contributed by atoms with Gasteiger partial charge in [-0.3, -0.25) is 4.79 Å². The molecule has 1 amide bonds. The fourth-order valence-corrected chi connectivity index (χ4v) is 3.00. The molecule has 1 aromatic carbocycles. The Kier molecular flexibility index (Phi) is 8.15. The Labute approximate surface area is 149 Å². The van der Waals surface area contributed by atoms with Gasteiger partial charge in [-0.2, -0.15) is 0 Å². The fourth-order valence-electron chi connectivity index (χ4n) is 3.00. The van der Waals surface area contributed by atoms with Crippen molar-refractivity contribution in [3.05, 3.63) is 17.7 Å². The van der Waals surface area contributed by atoms with Gasteiger partial charge >= 0.3 is 0 Å². The lowest BCUT2D eigenvalue weighted by molar-refractivity contribution is 0.0687. The molecule has 0 aliphatic carbocycles. The molecule has 1 heterocycles. The van der Waals surface area contributed by atoms with Gasteiger partial charge in [0.25, 0.3) is 5.91 Å². The zero-order valence-corrected chi connectivity index (χ0v) is 15.6. The van der Waals surface area contributed by atoms with Gasteiger partial charge in [0.05, 0.1) is 26.9 Å². The summed E-state index contributed by atoms with van der Waals surface area (Å²) in [6, 6.07) is 3.39. The number of nitrogens with zero attached hydrogens (tertiary/aromatic N) is 1. The van der Waals surface area contributed by atoms with Crippen molar-refractivity contribution in [1.82, 2.24) is 10.2 Å². The number of methoxy groups -OCH3 is 3. The van der Waals surface area contributed by atoms with Gasteiger partial charge in [0.1, 0.15) is 5.75 Å². The molecular formula is C17H27ClN2O4. The monoisotopic (exact) mass is 358 g/mol. The topological polar surface area (TPSA) is 60.0 Å². The van der Waals surface area contributed by atoms with Crippen molar-refractivity contribution >= 4 is 18.3 Å². The van der Waals surface area contributed by atoms with E-state index < -0.39 is 0 Å². The zero-order valence-electron chi connectivity index (χ0n) is 14.8. The third-order valence-electron chi connectivity index (χ3n) is 4.33. The van der Waals surface area contributed by atoms with Crippen LogP contribution in [-0.2, 0) is 0 Å². The van der Waals surface area contributed by atoms with E-state index in [4.69, 9.17) is 14.2 Å². The maximum Gasteiger partial charge on any atom is 0.257 e. The summed E-state index contributed by atoms with van der Waals surface area (Å²) in [6.45, 7) is 2.53. The number of amides is 1. The molecule has 0 saturated carbocycles. The van der Waals surface area contributed by atoms with Crippen LogP contribution in [0.3, 0.4) is 0 Å². The Bertz CT molecular complexity index is 546. The number of carbonyl (C=O) groups is 1. The molecule has 0 atom stereocenters. The number of nitrogens with one attached hydrogen (secondary N) is 1. The lowest BCUT2D eigenvalue weighted by atomic mass is 9.96. The van der Waals surface area contributed by atoms with Gasteiger partial charge in [-0.1, -0.05) is 0 Å². The largest absolute Gasteiger partial charge is 0.496 e. The maximum absolute atomic E-state index is 12.8. The fraction of sp³-hybridized carbons (Fsp3) is 0.588. The molecule has 0 spiro atoms. The number of halogens is 1. The van der Waals surface area contributed by atoms with E-state index in [0.29, 0.717) is 28.7 Å². The van der Waals surface area contributed by atoms with Crippen molar-refractivity contribution in [3.63, 3.8) is 0 Å². The second-order valence-electron chi connectivity index (χ2n) is 5.70. The summed E-state index contributed by atoms with van der Waals surface area (Å²) >= 11 is 0. The van der Waals surface area contributed by atoms with Crippen molar-refractivity contribution in [2.75, 3.05) is 48.0 Å². The van der Waals surface area contributed by atoms with Gasteiger partial charge in [0, 0.05) is 25.2 Å². The molecule has 6 nitrogen and oxygen atoms in total. The van der Waals surface area contributed by atoms with Crippen LogP contribution in [0.15, 0.2) is 12.1 Å². The molecular weight excluding hydrogens is 332 g/mol. The maximum atomic E-state index is 12.8. The van der Waals surface area contributed by atoms with Crippen LogP contribution in [-0.4, -0.2) is 58.8 Å². The molecule has 0 radical (unpaired) electrons. The first-order valence-corrected chi connectivity index (χ1v) is 7.88. The number of ether oxygens (including phenoxy) is 3. The van der Waals surface area contributed by atoms with E-state index in [1.54, 1.807) is 33.5 Å². The predicted molar refractivity (Wildman–Crippen MR) is 95.9 cm³/mol. The van der Waals surface area contributed by atoms with E-state index in [2.05, 4.69) is 5.32 Å². The van der Waals surface area contributed by atoms with Crippen molar-refractivity contribution < 1.29 is 19.0 Å². The zero-order chi connectivity index (χ0) is 16.8. The normalized spacial score (nSPS) is 14.8. The van der Waals surface area contributed by atoms with E-state index in [1.807, 2.05) is 11.9 Å². The van der Waals surface area contributed by atoms with Gasteiger partial charge in [-0.15, -0.1) is 12.4 Å². The molecule has 0 unspecified atom stereocenters. The van der Waals surface area contributed by atoms with Crippen LogP contribution in [0.1, 0.15) is 23.2 Å². The Morgan fingerprint density at radius 2 is 1.62 bits per heavy atom. The number of benzene rings is 1. The second-order valence-corrected chi connectivity index (χ2v) is 5.70. The number of hydrogen-bond donors (Lipinski definition) is 1. The molecule has 24 heavy (non-hydrogen) atoms. The van der Waals surface area contributed by atoms with Crippen LogP contribution in [0.2, 0.25) is 0 Å². The average Bonchev–Trinajstić information content (AvgIpc) is 2.60. The van der Waals surface area contributed by atoms with Crippen molar-refractivity contribution in [3.8, 4) is 17.2 Å². The Morgan fingerprint density at radius 1 is 1.08 bits per heavy atom. The third kappa shape index (κ3) is 4.45. The van der Waals surface area contributed by atoms with Gasteiger partial charge in [0.2, 0.25) is 0 Å². The summed E-state index contributed by atoms with van der Waals surface area (Å²) in [5, 5.41) is 3.21. The van der Waals surface area contributed by atoms with Crippen molar-refractivity contribution in [2.45, 2.75) is 12.8 Å². The standard InChI is InChI=1S/C17H26N2O4.ClH/c1-18-11-12-5-7-19(8-6-12)17(20)13-9-15(22-3)16(23-4)10-14(13)21-2;/h9-10,12,18H,5-8,11H2,1-4H3;1H. The summed E-state index contributed by atoms with van der Waals surface area (Å²) in [6.07, 6.45) is 2.03. The number of carbonyl (C=O) groups excluding carboxylic acids is 1. The summed E-state index contributed by atoms with van der Waals surface area (Å²) in [5.41, 5.74) is 0.511. The van der Waals surface area contributed by atoms with E-state index in [1.165, 1.54) is 0 Å². The highest BCUT2D eigenvalue weighted by Gasteiger charge is 2.26. The molecule has 136 valence electrons. The van der Waals surface area contributed by atoms with E-state index in [9.17, 15) is 4.79 Å². The van der Waals surface area contributed by atoms with E-state index in [-0.39, 0.29) is 18.3 Å². The first-order valence-electron chi connectivity index (χ1n) is 7.88. The summed E-state index contributed by atoms with van der Waals surface area (Å²) in [7, 11) is 6.64. The minimum atomic E-state index is -0.0225. The SMILES string of the molecule is CNCC1CCN(C(=O)c2cc(OC)c(OC)cc2OC)CC1.Cl. The highest BCUT2D eigenvalue weighted by molar-refractivity contribution is 5.98. The van der Waals surface area contributed by atoms with Gasteiger partial charge in [0.15, 0.2) is 11.5 Å². The molecule has 1 fully saturated rings. The molecule has 1 aromatic rings. The van der Waals surface area contributed by atoms with Crippen LogP contribution in [0.25, 0.3) is 0 Å². The second kappa shape index (κ2) is 9.59. The summed E-state index contributed by atoms with van der Waals surface area (Å²) in [5.74, 6) is 2.20.